The molecule has 1 unspecified atom stereocenters. The van der Waals surface area contributed by atoms with Gasteiger partial charge in [0.15, 0.2) is 0 Å². The van der Waals surface area contributed by atoms with Crippen molar-refractivity contribution in [3.63, 3.8) is 0 Å². The molecular formula is C18H19NO. The third-order valence-electron chi connectivity index (χ3n) is 3.55. The van der Waals surface area contributed by atoms with Crippen LogP contribution in [0.3, 0.4) is 0 Å². The van der Waals surface area contributed by atoms with Crippen LogP contribution in [0.1, 0.15) is 30.5 Å². The highest BCUT2D eigenvalue weighted by atomic mass is 16.3. The van der Waals surface area contributed by atoms with Crippen molar-refractivity contribution < 1.29 is 4.42 Å². The van der Waals surface area contributed by atoms with E-state index in [4.69, 9.17) is 4.42 Å². The van der Waals surface area contributed by atoms with Crippen molar-refractivity contribution in [1.82, 2.24) is 5.32 Å². The zero-order valence-electron chi connectivity index (χ0n) is 11.7. The van der Waals surface area contributed by atoms with E-state index >= 15 is 0 Å². The Hall–Kier alpha value is -2.06. The van der Waals surface area contributed by atoms with Gasteiger partial charge < -0.3 is 9.73 Å². The summed E-state index contributed by atoms with van der Waals surface area (Å²) in [5.74, 6) is 0. The summed E-state index contributed by atoms with van der Waals surface area (Å²) in [5, 5.41) is 4.81. The molecule has 0 saturated carbocycles. The maximum Gasteiger partial charge on any atom is 0.134 e. The van der Waals surface area contributed by atoms with Crippen LogP contribution in [0.5, 0.6) is 0 Å². The minimum atomic E-state index is 0.180. The first-order chi connectivity index (χ1) is 9.90. The van der Waals surface area contributed by atoms with Crippen molar-refractivity contribution >= 4 is 11.0 Å². The summed E-state index contributed by atoms with van der Waals surface area (Å²) < 4.78 is 5.69. The fourth-order valence-corrected chi connectivity index (χ4v) is 2.56. The first-order valence-corrected chi connectivity index (χ1v) is 7.14. The number of nitrogens with one attached hydrogen (secondary N) is 1. The monoisotopic (exact) mass is 265 g/mol. The number of para-hydroxylation sites is 1. The van der Waals surface area contributed by atoms with Gasteiger partial charge in [-0.15, -0.1) is 0 Å². The first-order valence-electron chi connectivity index (χ1n) is 7.14. The normalized spacial score (nSPS) is 12.7. The van der Waals surface area contributed by atoms with Crippen molar-refractivity contribution in [3.8, 4) is 0 Å². The molecule has 102 valence electrons. The lowest BCUT2D eigenvalue weighted by Gasteiger charge is -2.18. The average molecular weight is 265 g/mol. The molecule has 0 saturated heterocycles. The maximum atomic E-state index is 5.69. The third-order valence-corrected chi connectivity index (χ3v) is 3.55. The van der Waals surface area contributed by atoms with Crippen LogP contribution in [-0.2, 0) is 0 Å². The molecule has 0 bridgehead atoms. The second kappa shape index (κ2) is 5.93. The van der Waals surface area contributed by atoms with E-state index in [0.717, 1.165) is 18.5 Å². The van der Waals surface area contributed by atoms with Crippen LogP contribution < -0.4 is 5.32 Å². The molecule has 20 heavy (non-hydrogen) atoms. The molecule has 2 heteroatoms. The third kappa shape index (κ3) is 2.47. The van der Waals surface area contributed by atoms with Gasteiger partial charge in [0.1, 0.15) is 5.58 Å². The molecule has 0 aliphatic heterocycles. The van der Waals surface area contributed by atoms with Gasteiger partial charge in [-0.3, -0.25) is 0 Å². The lowest BCUT2D eigenvalue weighted by molar-refractivity contribution is 0.572. The zero-order valence-corrected chi connectivity index (χ0v) is 11.7. The lowest BCUT2D eigenvalue weighted by atomic mass is 9.98. The number of hydrogen-bond acceptors (Lipinski definition) is 2. The van der Waals surface area contributed by atoms with Gasteiger partial charge in [0.2, 0.25) is 0 Å². The SMILES string of the molecule is CCCNC(c1ccccc1)c1coc2ccccc12. The van der Waals surface area contributed by atoms with Crippen molar-refractivity contribution in [1.29, 1.82) is 0 Å². The highest BCUT2D eigenvalue weighted by Crippen LogP contribution is 2.30. The zero-order chi connectivity index (χ0) is 13.8. The number of hydrogen-bond donors (Lipinski definition) is 1. The highest BCUT2D eigenvalue weighted by molar-refractivity contribution is 5.81. The summed E-state index contributed by atoms with van der Waals surface area (Å²) in [5.41, 5.74) is 3.43. The Labute approximate surface area is 119 Å². The molecular weight excluding hydrogens is 246 g/mol. The van der Waals surface area contributed by atoms with Crippen LogP contribution in [0.4, 0.5) is 0 Å². The van der Waals surface area contributed by atoms with Gasteiger partial charge in [-0.05, 0) is 24.6 Å². The molecule has 0 aliphatic carbocycles. The molecule has 1 N–H and O–H groups in total. The fraction of sp³-hybridized carbons (Fsp3) is 0.222. The first kappa shape index (κ1) is 12.9. The second-order valence-corrected chi connectivity index (χ2v) is 4.99. The highest BCUT2D eigenvalue weighted by Gasteiger charge is 2.17. The number of benzene rings is 2. The molecule has 0 aliphatic rings. The minimum Gasteiger partial charge on any atom is -0.464 e. The van der Waals surface area contributed by atoms with Gasteiger partial charge >= 0.3 is 0 Å². The molecule has 1 heterocycles. The Balaban J connectivity index is 2.05. The average Bonchev–Trinajstić information content (AvgIpc) is 2.93. The second-order valence-electron chi connectivity index (χ2n) is 4.99. The summed E-state index contributed by atoms with van der Waals surface area (Å²) in [6.07, 6.45) is 2.99. The summed E-state index contributed by atoms with van der Waals surface area (Å²) in [6, 6.07) is 18.9. The van der Waals surface area contributed by atoms with Gasteiger partial charge in [-0.25, -0.2) is 0 Å². The Morgan fingerprint density at radius 1 is 1.00 bits per heavy atom. The van der Waals surface area contributed by atoms with E-state index in [2.05, 4.69) is 48.6 Å². The summed E-state index contributed by atoms with van der Waals surface area (Å²) in [6.45, 7) is 3.17. The molecule has 1 atom stereocenters. The van der Waals surface area contributed by atoms with Gasteiger partial charge in [-0.2, -0.15) is 0 Å². The van der Waals surface area contributed by atoms with Gasteiger partial charge in [0.25, 0.3) is 0 Å². The van der Waals surface area contributed by atoms with Crippen LogP contribution in [0.25, 0.3) is 11.0 Å². The largest absolute Gasteiger partial charge is 0.464 e. The molecule has 0 radical (unpaired) electrons. The number of rotatable bonds is 5. The van der Waals surface area contributed by atoms with Crippen molar-refractivity contribution in [2.45, 2.75) is 19.4 Å². The Morgan fingerprint density at radius 3 is 2.55 bits per heavy atom. The fourth-order valence-electron chi connectivity index (χ4n) is 2.56. The van der Waals surface area contributed by atoms with E-state index < -0.39 is 0 Å². The summed E-state index contributed by atoms with van der Waals surface area (Å²) in [7, 11) is 0. The van der Waals surface area contributed by atoms with Crippen LogP contribution in [-0.4, -0.2) is 6.54 Å². The number of furan rings is 1. The van der Waals surface area contributed by atoms with E-state index in [1.165, 1.54) is 16.5 Å². The standard InChI is InChI=1S/C18H19NO/c1-2-12-19-18(14-8-4-3-5-9-14)16-13-20-17-11-7-6-10-15(16)17/h3-11,13,18-19H,2,12H2,1H3. The Kier molecular flexibility index (Phi) is 3.84. The van der Waals surface area contributed by atoms with Gasteiger partial charge in [0, 0.05) is 10.9 Å². The molecule has 3 aromatic rings. The van der Waals surface area contributed by atoms with Crippen molar-refractivity contribution in [2.24, 2.45) is 0 Å². The van der Waals surface area contributed by atoms with Crippen LogP contribution >= 0.6 is 0 Å². The minimum absolute atomic E-state index is 0.180. The lowest BCUT2D eigenvalue weighted by Crippen LogP contribution is -2.22. The Bertz CT molecular complexity index is 672. The topological polar surface area (TPSA) is 25.2 Å². The van der Waals surface area contributed by atoms with Crippen LogP contribution in [0.15, 0.2) is 65.3 Å². The van der Waals surface area contributed by atoms with Crippen LogP contribution in [0, 0.1) is 0 Å². The molecule has 1 aromatic heterocycles. The maximum absolute atomic E-state index is 5.69. The van der Waals surface area contributed by atoms with E-state index in [1.54, 1.807) is 0 Å². The molecule has 0 fully saturated rings. The predicted molar refractivity (Wildman–Crippen MR) is 82.8 cm³/mol. The summed E-state index contributed by atoms with van der Waals surface area (Å²) in [4.78, 5) is 0. The van der Waals surface area contributed by atoms with Crippen LogP contribution in [0.2, 0.25) is 0 Å². The molecule has 3 rings (SSSR count). The Morgan fingerprint density at radius 2 is 1.75 bits per heavy atom. The smallest absolute Gasteiger partial charge is 0.134 e. The predicted octanol–water partition coefficient (Wildman–Crippen LogP) is 4.52. The molecule has 0 amide bonds. The summed E-state index contributed by atoms with van der Waals surface area (Å²) >= 11 is 0. The van der Waals surface area contributed by atoms with Crippen molar-refractivity contribution in [2.75, 3.05) is 6.54 Å². The van der Waals surface area contributed by atoms with Crippen molar-refractivity contribution in [3.05, 3.63) is 72.0 Å². The van der Waals surface area contributed by atoms with E-state index in [-0.39, 0.29) is 6.04 Å². The van der Waals surface area contributed by atoms with E-state index in [0.29, 0.717) is 0 Å². The van der Waals surface area contributed by atoms with E-state index in [1.807, 2.05) is 24.5 Å². The molecule has 2 aromatic carbocycles. The number of fused-ring (bicyclic) bond motifs is 1. The van der Waals surface area contributed by atoms with E-state index in [9.17, 15) is 0 Å². The van der Waals surface area contributed by atoms with Gasteiger partial charge in [0.05, 0.1) is 12.3 Å². The molecule has 2 nitrogen and oxygen atoms in total. The quantitative estimate of drug-likeness (QED) is 0.733. The van der Waals surface area contributed by atoms with Gasteiger partial charge in [-0.1, -0.05) is 55.5 Å². The molecule has 0 spiro atoms.